The molecule has 0 bridgehead atoms. The highest BCUT2D eigenvalue weighted by Gasteiger charge is 2.05. The SMILES string of the molecule is CCOc1ccc(Oc2ccc(NC(=O)c3ccncc3)cc2)cc1. The minimum absolute atomic E-state index is 0.178. The summed E-state index contributed by atoms with van der Waals surface area (Å²) in [7, 11) is 0. The number of pyridine rings is 1. The van der Waals surface area contributed by atoms with E-state index in [1.54, 1.807) is 48.8 Å². The summed E-state index contributed by atoms with van der Waals surface area (Å²) in [6, 6.07) is 18.0. The van der Waals surface area contributed by atoms with E-state index in [0.717, 1.165) is 11.5 Å². The molecule has 1 heterocycles. The van der Waals surface area contributed by atoms with Crippen molar-refractivity contribution >= 4 is 11.6 Å². The van der Waals surface area contributed by atoms with E-state index in [2.05, 4.69) is 10.3 Å². The lowest BCUT2D eigenvalue weighted by Crippen LogP contribution is -2.11. The monoisotopic (exact) mass is 334 g/mol. The summed E-state index contributed by atoms with van der Waals surface area (Å²) < 4.78 is 11.2. The highest BCUT2D eigenvalue weighted by Crippen LogP contribution is 2.25. The first-order valence-corrected chi connectivity index (χ1v) is 7.97. The first kappa shape index (κ1) is 16.5. The van der Waals surface area contributed by atoms with Crippen LogP contribution in [0.25, 0.3) is 0 Å². The maximum atomic E-state index is 12.1. The van der Waals surface area contributed by atoms with Gasteiger partial charge in [-0.05, 0) is 67.6 Å². The van der Waals surface area contributed by atoms with E-state index in [9.17, 15) is 4.79 Å². The van der Waals surface area contributed by atoms with Gasteiger partial charge in [-0.15, -0.1) is 0 Å². The predicted molar refractivity (Wildman–Crippen MR) is 96.3 cm³/mol. The average molecular weight is 334 g/mol. The Hall–Kier alpha value is -3.34. The van der Waals surface area contributed by atoms with Crippen LogP contribution in [0.15, 0.2) is 73.1 Å². The molecule has 0 unspecified atom stereocenters. The van der Waals surface area contributed by atoms with Crippen LogP contribution in [-0.4, -0.2) is 17.5 Å². The second-order valence-corrected chi connectivity index (χ2v) is 5.22. The smallest absolute Gasteiger partial charge is 0.255 e. The van der Waals surface area contributed by atoms with Crippen molar-refractivity contribution < 1.29 is 14.3 Å². The number of nitrogens with one attached hydrogen (secondary N) is 1. The van der Waals surface area contributed by atoms with Crippen LogP contribution in [0, 0.1) is 0 Å². The fourth-order valence-corrected chi connectivity index (χ4v) is 2.22. The number of aromatic nitrogens is 1. The second kappa shape index (κ2) is 7.97. The predicted octanol–water partition coefficient (Wildman–Crippen LogP) is 4.52. The number of carbonyl (C=O) groups is 1. The van der Waals surface area contributed by atoms with Crippen LogP contribution in [0.3, 0.4) is 0 Å². The molecule has 0 aliphatic heterocycles. The van der Waals surface area contributed by atoms with E-state index in [1.165, 1.54) is 0 Å². The molecule has 0 spiro atoms. The molecule has 25 heavy (non-hydrogen) atoms. The molecule has 0 fully saturated rings. The molecule has 1 amide bonds. The van der Waals surface area contributed by atoms with E-state index < -0.39 is 0 Å². The van der Waals surface area contributed by atoms with Gasteiger partial charge < -0.3 is 14.8 Å². The van der Waals surface area contributed by atoms with Gasteiger partial charge in [-0.1, -0.05) is 0 Å². The maximum Gasteiger partial charge on any atom is 0.255 e. The fourth-order valence-electron chi connectivity index (χ4n) is 2.22. The van der Waals surface area contributed by atoms with Crippen molar-refractivity contribution in [1.29, 1.82) is 0 Å². The van der Waals surface area contributed by atoms with Crippen LogP contribution < -0.4 is 14.8 Å². The van der Waals surface area contributed by atoms with Gasteiger partial charge >= 0.3 is 0 Å². The first-order chi connectivity index (χ1) is 12.2. The molecule has 1 N–H and O–H groups in total. The Balaban J connectivity index is 1.61. The second-order valence-electron chi connectivity index (χ2n) is 5.22. The van der Waals surface area contributed by atoms with Gasteiger partial charge in [-0.2, -0.15) is 0 Å². The summed E-state index contributed by atoms with van der Waals surface area (Å²) in [6.45, 7) is 2.58. The van der Waals surface area contributed by atoms with Crippen LogP contribution >= 0.6 is 0 Å². The fraction of sp³-hybridized carbons (Fsp3) is 0.100. The molecule has 126 valence electrons. The summed E-state index contributed by atoms with van der Waals surface area (Å²) in [6.07, 6.45) is 3.17. The van der Waals surface area contributed by atoms with Crippen LogP contribution in [0.4, 0.5) is 5.69 Å². The topological polar surface area (TPSA) is 60.5 Å². The zero-order valence-electron chi connectivity index (χ0n) is 13.8. The summed E-state index contributed by atoms with van der Waals surface area (Å²) >= 11 is 0. The summed E-state index contributed by atoms with van der Waals surface area (Å²) in [5.41, 5.74) is 1.26. The lowest BCUT2D eigenvalue weighted by atomic mass is 10.2. The standard InChI is InChI=1S/C20H18N2O3/c1-2-24-17-7-9-19(10-8-17)25-18-5-3-16(4-6-18)22-20(23)15-11-13-21-14-12-15/h3-14H,2H2,1H3,(H,22,23). The lowest BCUT2D eigenvalue weighted by molar-refractivity contribution is 0.102. The molecule has 5 heteroatoms. The molecule has 0 saturated heterocycles. The molecule has 2 aromatic carbocycles. The Bertz CT molecular complexity index is 816. The number of carbonyl (C=O) groups excluding carboxylic acids is 1. The lowest BCUT2D eigenvalue weighted by Gasteiger charge is -2.09. The van der Waals surface area contributed by atoms with Gasteiger partial charge in [0.25, 0.3) is 5.91 Å². The van der Waals surface area contributed by atoms with Crippen LogP contribution in [-0.2, 0) is 0 Å². The largest absolute Gasteiger partial charge is 0.494 e. The van der Waals surface area contributed by atoms with E-state index in [0.29, 0.717) is 23.6 Å². The normalized spacial score (nSPS) is 10.1. The number of nitrogens with zero attached hydrogens (tertiary/aromatic N) is 1. The zero-order valence-corrected chi connectivity index (χ0v) is 13.8. The Kier molecular flexibility index (Phi) is 5.26. The summed E-state index contributed by atoms with van der Waals surface area (Å²) in [4.78, 5) is 16.0. The number of hydrogen-bond acceptors (Lipinski definition) is 4. The molecule has 1 aromatic heterocycles. The van der Waals surface area contributed by atoms with Crippen molar-refractivity contribution in [3.8, 4) is 17.2 Å². The molecular weight excluding hydrogens is 316 g/mol. The van der Waals surface area contributed by atoms with Crippen molar-refractivity contribution in [2.24, 2.45) is 0 Å². The first-order valence-electron chi connectivity index (χ1n) is 7.97. The molecule has 3 aromatic rings. The number of hydrogen-bond donors (Lipinski definition) is 1. The van der Waals surface area contributed by atoms with Crippen LogP contribution in [0.2, 0.25) is 0 Å². The molecule has 3 rings (SSSR count). The van der Waals surface area contributed by atoms with E-state index >= 15 is 0 Å². The molecule has 0 saturated carbocycles. The maximum absolute atomic E-state index is 12.1. The van der Waals surface area contributed by atoms with E-state index in [-0.39, 0.29) is 5.91 Å². The third-order valence-electron chi connectivity index (χ3n) is 3.43. The van der Waals surface area contributed by atoms with Crippen LogP contribution in [0.5, 0.6) is 17.2 Å². The zero-order chi connectivity index (χ0) is 17.5. The number of ether oxygens (including phenoxy) is 2. The van der Waals surface area contributed by atoms with E-state index in [1.807, 2.05) is 31.2 Å². The Labute approximate surface area is 146 Å². The Morgan fingerprint density at radius 3 is 2.04 bits per heavy atom. The van der Waals surface area contributed by atoms with E-state index in [4.69, 9.17) is 9.47 Å². The number of rotatable bonds is 6. The molecule has 0 aliphatic carbocycles. The molecule has 0 atom stereocenters. The number of amides is 1. The van der Waals surface area contributed by atoms with Gasteiger partial charge in [0, 0.05) is 23.6 Å². The number of anilines is 1. The minimum Gasteiger partial charge on any atom is -0.494 e. The quantitative estimate of drug-likeness (QED) is 0.720. The Morgan fingerprint density at radius 2 is 1.44 bits per heavy atom. The molecular formula is C20H18N2O3. The average Bonchev–Trinajstić information content (AvgIpc) is 2.66. The highest BCUT2D eigenvalue weighted by molar-refractivity contribution is 6.04. The van der Waals surface area contributed by atoms with Crippen molar-refractivity contribution in [1.82, 2.24) is 4.98 Å². The van der Waals surface area contributed by atoms with Crippen molar-refractivity contribution in [2.45, 2.75) is 6.92 Å². The van der Waals surface area contributed by atoms with Gasteiger partial charge in [-0.25, -0.2) is 0 Å². The number of benzene rings is 2. The summed E-state index contributed by atoms with van der Waals surface area (Å²) in [5.74, 6) is 2.04. The van der Waals surface area contributed by atoms with Gasteiger partial charge in [0.15, 0.2) is 0 Å². The third-order valence-corrected chi connectivity index (χ3v) is 3.43. The molecule has 0 radical (unpaired) electrons. The Morgan fingerprint density at radius 1 is 0.880 bits per heavy atom. The van der Waals surface area contributed by atoms with Gasteiger partial charge in [0.1, 0.15) is 17.2 Å². The van der Waals surface area contributed by atoms with Crippen molar-refractivity contribution in [2.75, 3.05) is 11.9 Å². The molecule has 0 aliphatic rings. The van der Waals surface area contributed by atoms with Gasteiger partial charge in [0.05, 0.1) is 6.61 Å². The highest BCUT2D eigenvalue weighted by atomic mass is 16.5. The van der Waals surface area contributed by atoms with Gasteiger partial charge in [-0.3, -0.25) is 9.78 Å². The molecule has 5 nitrogen and oxygen atoms in total. The minimum atomic E-state index is -0.178. The summed E-state index contributed by atoms with van der Waals surface area (Å²) in [5, 5.41) is 2.83. The van der Waals surface area contributed by atoms with Crippen molar-refractivity contribution in [3.05, 3.63) is 78.6 Å². The third kappa shape index (κ3) is 4.57. The van der Waals surface area contributed by atoms with Gasteiger partial charge in [0.2, 0.25) is 0 Å². The van der Waals surface area contributed by atoms with Crippen LogP contribution in [0.1, 0.15) is 17.3 Å². The van der Waals surface area contributed by atoms with Crippen molar-refractivity contribution in [3.63, 3.8) is 0 Å².